The van der Waals surface area contributed by atoms with Crippen molar-refractivity contribution in [1.29, 1.82) is 0 Å². The fraction of sp³-hybridized carbons (Fsp3) is 0.138. The summed E-state index contributed by atoms with van der Waals surface area (Å²) in [4.78, 5) is 32.5. The third-order valence-electron chi connectivity index (χ3n) is 5.68. The number of anilines is 1. The summed E-state index contributed by atoms with van der Waals surface area (Å²) < 4.78 is 31.1. The Morgan fingerprint density at radius 3 is 2.44 bits per heavy atom. The highest BCUT2D eigenvalue weighted by molar-refractivity contribution is 7.99. The van der Waals surface area contributed by atoms with E-state index < -0.39 is 13.5 Å². The summed E-state index contributed by atoms with van der Waals surface area (Å²) in [6, 6.07) is 28.8. The van der Waals surface area contributed by atoms with E-state index in [1.165, 1.54) is 24.3 Å². The van der Waals surface area contributed by atoms with Crippen LogP contribution in [0.5, 0.6) is 5.75 Å². The van der Waals surface area contributed by atoms with Gasteiger partial charge >= 0.3 is 7.60 Å². The van der Waals surface area contributed by atoms with Gasteiger partial charge in [-0.15, -0.1) is 0 Å². The molecule has 0 saturated heterocycles. The molecule has 3 N–H and O–H groups in total. The van der Waals surface area contributed by atoms with Gasteiger partial charge in [-0.05, 0) is 60.0 Å². The average Bonchev–Trinajstić information content (AvgIpc) is 2.91. The first kappa shape index (κ1) is 28.9. The van der Waals surface area contributed by atoms with Crippen molar-refractivity contribution in [3.05, 3.63) is 119 Å². The first-order chi connectivity index (χ1) is 18.7. The highest BCUT2D eigenvalue weighted by Crippen LogP contribution is 2.52. The van der Waals surface area contributed by atoms with Gasteiger partial charge in [0, 0.05) is 32.5 Å². The molecule has 4 rings (SSSR count). The van der Waals surface area contributed by atoms with E-state index in [2.05, 4.69) is 5.32 Å². The molecule has 1 atom stereocenters. The van der Waals surface area contributed by atoms with Gasteiger partial charge in [0.2, 0.25) is 11.8 Å². The van der Waals surface area contributed by atoms with Gasteiger partial charge in [0.05, 0.1) is 0 Å². The molecule has 0 aliphatic rings. The van der Waals surface area contributed by atoms with Crippen molar-refractivity contribution in [2.24, 2.45) is 0 Å². The van der Waals surface area contributed by atoms with Crippen LogP contribution in [0.25, 0.3) is 0 Å². The van der Waals surface area contributed by atoms with E-state index in [9.17, 15) is 13.8 Å². The summed E-state index contributed by atoms with van der Waals surface area (Å²) in [7, 11) is -4.94. The van der Waals surface area contributed by atoms with E-state index in [1.807, 2.05) is 72.8 Å². The Bertz CT molecular complexity index is 1480. The van der Waals surface area contributed by atoms with Crippen molar-refractivity contribution >= 4 is 42.6 Å². The van der Waals surface area contributed by atoms with Crippen molar-refractivity contribution in [1.82, 2.24) is 0 Å². The van der Waals surface area contributed by atoms with E-state index in [0.717, 1.165) is 26.7 Å². The summed E-state index contributed by atoms with van der Waals surface area (Å²) >= 11 is 8.05. The van der Waals surface area contributed by atoms with Gasteiger partial charge in [0.25, 0.3) is 0 Å². The molecule has 0 spiro atoms. The van der Waals surface area contributed by atoms with Gasteiger partial charge in [-0.1, -0.05) is 78.0 Å². The number of ether oxygens (including phenoxy) is 1. The third-order valence-corrected chi connectivity index (χ3v) is 7.90. The maximum Gasteiger partial charge on any atom is 0.363 e. The number of rotatable bonds is 11. The first-order valence-corrected chi connectivity index (χ1v) is 14.9. The van der Waals surface area contributed by atoms with E-state index in [4.69, 9.17) is 26.1 Å². The summed E-state index contributed by atoms with van der Waals surface area (Å²) in [6.07, 6.45) is 0.501. The number of amides is 1. The Labute approximate surface area is 235 Å². The van der Waals surface area contributed by atoms with Crippen LogP contribution < -0.4 is 10.1 Å². The van der Waals surface area contributed by atoms with E-state index in [-0.39, 0.29) is 23.6 Å². The number of halogens is 2. The zero-order valence-corrected chi connectivity index (χ0v) is 23.1. The molecule has 6 nitrogen and oxygen atoms in total. The minimum Gasteiger partial charge on any atom is -0.489 e. The summed E-state index contributed by atoms with van der Waals surface area (Å²) in [5.41, 5.74) is 1.94. The number of hydrogen-bond donors (Lipinski definition) is 3. The topological polar surface area (TPSA) is 95.9 Å². The Hall–Kier alpha value is -3.13. The number of nitrogens with one attached hydrogen (secondary N) is 1. The molecule has 1 amide bonds. The lowest BCUT2D eigenvalue weighted by Crippen LogP contribution is -2.12. The van der Waals surface area contributed by atoms with Crippen LogP contribution in [0.3, 0.4) is 0 Å². The van der Waals surface area contributed by atoms with Crippen LogP contribution >= 0.6 is 31.0 Å². The minimum atomic E-state index is -4.94. The minimum absolute atomic E-state index is 0.120. The van der Waals surface area contributed by atoms with Gasteiger partial charge in [0.1, 0.15) is 12.4 Å². The van der Waals surface area contributed by atoms with Crippen LogP contribution in [0.15, 0.2) is 107 Å². The normalized spacial score (nSPS) is 12.1. The molecule has 0 heterocycles. The molecule has 4 aromatic carbocycles. The van der Waals surface area contributed by atoms with Crippen molar-refractivity contribution in [2.45, 2.75) is 35.2 Å². The Morgan fingerprint density at radius 2 is 1.69 bits per heavy atom. The maximum absolute atomic E-state index is 14.0. The van der Waals surface area contributed by atoms with Gasteiger partial charge < -0.3 is 19.8 Å². The molecule has 0 saturated carbocycles. The predicted molar refractivity (Wildman–Crippen MR) is 152 cm³/mol. The van der Waals surface area contributed by atoms with Gasteiger partial charge in [0.15, 0.2) is 0 Å². The van der Waals surface area contributed by atoms with Crippen LogP contribution in [0, 0.1) is 0 Å². The van der Waals surface area contributed by atoms with Gasteiger partial charge in [-0.2, -0.15) is 0 Å². The third kappa shape index (κ3) is 8.68. The second-order valence-electron chi connectivity index (χ2n) is 8.70. The molecular formula is C29H26ClFNO5PS. The lowest BCUT2D eigenvalue weighted by molar-refractivity contribution is -0.116. The Kier molecular flexibility index (Phi) is 9.83. The van der Waals surface area contributed by atoms with Crippen LogP contribution in [0.2, 0.25) is 5.02 Å². The van der Waals surface area contributed by atoms with E-state index in [1.54, 1.807) is 11.8 Å². The number of carbonyl (C=O) groups is 1. The molecule has 0 bridgehead atoms. The van der Waals surface area contributed by atoms with Gasteiger partial charge in [-0.25, -0.2) is 4.39 Å². The molecule has 1 unspecified atom stereocenters. The standard InChI is InChI=1S/C29H26ClFNO5PS/c30-27-18-26(39-25-11-5-10-24(17-25)37-19-20-6-2-1-3-7-20)14-12-21(27)13-15-28(33)32-23-9-4-8-22(16-23)29(31)38(34,35)36/h1-12,14,16-18,29H,13,15,19H2,(H,32,33)(H2,34,35,36). The molecule has 0 aromatic heterocycles. The second-order valence-corrected chi connectivity index (χ2v) is 11.9. The Morgan fingerprint density at radius 1 is 0.949 bits per heavy atom. The SMILES string of the molecule is O=C(CCc1ccc(Sc2cccc(OCc3ccccc3)c2)cc1Cl)Nc1cccc(C(F)P(=O)(O)O)c1. The van der Waals surface area contributed by atoms with Crippen LogP contribution in [-0.4, -0.2) is 15.7 Å². The maximum atomic E-state index is 14.0. The molecule has 4 aromatic rings. The lowest BCUT2D eigenvalue weighted by Gasteiger charge is -2.12. The molecule has 0 aliphatic carbocycles. The van der Waals surface area contributed by atoms with Crippen molar-refractivity contribution in [3.63, 3.8) is 0 Å². The Balaban J connectivity index is 1.31. The van der Waals surface area contributed by atoms with Crippen molar-refractivity contribution in [3.8, 4) is 5.75 Å². The largest absolute Gasteiger partial charge is 0.489 e. The fourth-order valence-electron chi connectivity index (χ4n) is 3.73. The monoisotopic (exact) mass is 585 g/mol. The summed E-state index contributed by atoms with van der Waals surface area (Å²) in [5, 5.41) is 3.17. The quantitative estimate of drug-likeness (QED) is 0.156. The molecular weight excluding hydrogens is 560 g/mol. The average molecular weight is 586 g/mol. The van der Waals surface area contributed by atoms with E-state index in [0.29, 0.717) is 18.1 Å². The zero-order valence-electron chi connectivity index (χ0n) is 20.7. The molecule has 0 fully saturated rings. The number of alkyl halides is 1. The summed E-state index contributed by atoms with van der Waals surface area (Å²) in [6.45, 7) is 0.484. The van der Waals surface area contributed by atoms with E-state index >= 15 is 0 Å². The zero-order chi connectivity index (χ0) is 27.8. The number of aryl methyl sites for hydroxylation is 1. The van der Waals surface area contributed by atoms with Crippen LogP contribution in [0.4, 0.5) is 10.1 Å². The predicted octanol–water partition coefficient (Wildman–Crippen LogP) is 7.79. The summed E-state index contributed by atoms with van der Waals surface area (Å²) in [5.74, 6) is -2.01. The molecule has 0 aliphatic heterocycles. The first-order valence-electron chi connectivity index (χ1n) is 12.0. The second kappa shape index (κ2) is 13.3. The number of benzene rings is 4. The van der Waals surface area contributed by atoms with Gasteiger partial charge in [-0.3, -0.25) is 9.36 Å². The smallest absolute Gasteiger partial charge is 0.363 e. The molecule has 39 heavy (non-hydrogen) atoms. The van der Waals surface area contributed by atoms with Crippen molar-refractivity contribution in [2.75, 3.05) is 5.32 Å². The molecule has 202 valence electrons. The highest BCUT2D eigenvalue weighted by Gasteiger charge is 2.30. The van der Waals surface area contributed by atoms with Crippen LogP contribution in [0.1, 0.15) is 29.0 Å². The number of carbonyl (C=O) groups excluding carboxylic acids is 1. The fourth-order valence-corrected chi connectivity index (χ4v) is 5.52. The lowest BCUT2D eigenvalue weighted by atomic mass is 10.1. The van der Waals surface area contributed by atoms with Crippen LogP contribution in [-0.2, 0) is 22.4 Å². The highest BCUT2D eigenvalue weighted by atomic mass is 35.5. The molecule has 0 radical (unpaired) electrons. The number of hydrogen-bond acceptors (Lipinski definition) is 4. The van der Waals surface area contributed by atoms with Crippen molar-refractivity contribution < 1.29 is 28.3 Å². The molecule has 10 heteroatoms.